The van der Waals surface area contributed by atoms with Gasteiger partial charge in [0.15, 0.2) is 0 Å². The quantitative estimate of drug-likeness (QED) is 0.734. The number of nitrogens with two attached hydrogens (primary N) is 1. The minimum absolute atomic E-state index is 0. The molecule has 0 saturated carbocycles. The molecule has 0 aromatic heterocycles. The number of nitrogens with one attached hydrogen (secondary N) is 1. The Kier molecular flexibility index (Phi) is 7.36. The van der Waals surface area contributed by atoms with Gasteiger partial charge < -0.3 is 20.5 Å². The number of benzene rings is 2. The molecule has 1 heterocycles. The van der Waals surface area contributed by atoms with Crippen molar-refractivity contribution in [3.05, 3.63) is 58.6 Å². The predicted molar refractivity (Wildman–Crippen MR) is 110 cm³/mol. The molecule has 0 bridgehead atoms. The lowest BCUT2D eigenvalue weighted by atomic mass is 9.74. The van der Waals surface area contributed by atoms with E-state index in [1.165, 1.54) is 12.7 Å². The molecule has 1 saturated heterocycles. The van der Waals surface area contributed by atoms with Gasteiger partial charge in [0.25, 0.3) is 5.91 Å². The van der Waals surface area contributed by atoms with Gasteiger partial charge in [-0.3, -0.25) is 4.79 Å². The number of halogens is 2. The van der Waals surface area contributed by atoms with Gasteiger partial charge >= 0.3 is 0 Å². The number of anilines is 1. The Hall–Kier alpha value is -1.95. The number of methoxy groups -OCH3 is 1. The number of carbonyl (C=O) groups excluding carboxylic acids is 1. The molecular weight excluding hydrogens is 387 g/mol. The molecule has 3 rings (SSSR count). The summed E-state index contributed by atoms with van der Waals surface area (Å²) in [7, 11) is 1.50. The Morgan fingerprint density at radius 2 is 1.93 bits per heavy atom. The molecule has 1 fully saturated rings. The van der Waals surface area contributed by atoms with E-state index in [-0.39, 0.29) is 23.7 Å². The average Bonchev–Trinajstić information content (AvgIpc) is 2.69. The highest BCUT2D eigenvalue weighted by Crippen LogP contribution is 2.35. The number of rotatable bonds is 5. The van der Waals surface area contributed by atoms with Crippen molar-refractivity contribution in [1.29, 1.82) is 0 Å². The summed E-state index contributed by atoms with van der Waals surface area (Å²) in [5, 5.41) is 3.39. The number of hydrogen-bond acceptors (Lipinski definition) is 4. The van der Waals surface area contributed by atoms with Crippen LogP contribution in [0.5, 0.6) is 5.75 Å². The van der Waals surface area contributed by atoms with Crippen LogP contribution in [0, 0.1) is 0 Å². The molecule has 1 amide bonds. The van der Waals surface area contributed by atoms with Crippen molar-refractivity contribution in [3.63, 3.8) is 0 Å². The van der Waals surface area contributed by atoms with E-state index < -0.39 is 0 Å². The zero-order valence-electron chi connectivity index (χ0n) is 15.2. The molecule has 2 aromatic rings. The maximum atomic E-state index is 12.8. The first-order chi connectivity index (χ1) is 12.6. The van der Waals surface area contributed by atoms with E-state index in [2.05, 4.69) is 17.4 Å². The summed E-state index contributed by atoms with van der Waals surface area (Å²) in [5.41, 5.74) is 7.63. The van der Waals surface area contributed by atoms with Gasteiger partial charge in [-0.25, -0.2) is 0 Å². The fourth-order valence-corrected chi connectivity index (χ4v) is 3.55. The van der Waals surface area contributed by atoms with Crippen LogP contribution in [0.1, 0.15) is 28.8 Å². The van der Waals surface area contributed by atoms with E-state index in [1.807, 2.05) is 18.2 Å². The molecule has 1 aliphatic heterocycles. The van der Waals surface area contributed by atoms with Crippen LogP contribution in [0.4, 0.5) is 5.69 Å². The number of hydrogen-bond donors (Lipinski definition) is 2. The van der Waals surface area contributed by atoms with Gasteiger partial charge in [0, 0.05) is 31.2 Å². The van der Waals surface area contributed by atoms with Gasteiger partial charge in [-0.05, 0) is 24.5 Å². The number of amides is 1. The van der Waals surface area contributed by atoms with Gasteiger partial charge in [-0.1, -0.05) is 41.9 Å². The van der Waals surface area contributed by atoms with E-state index in [0.717, 1.165) is 12.8 Å². The summed E-state index contributed by atoms with van der Waals surface area (Å²) in [6, 6.07) is 13.4. The largest absolute Gasteiger partial charge is 0.496 e. The molecule has 0 radical (unpaired) electrons. The van der Waals surface area contributed by atoms with Gasteiger partial charge in [0.1, 0.15) is 5.75 Å². The molecule has 3 N–H and O–H groups in total. The molecule has 5 nitrogen and oxygen atoms in total. The van der Waals surface area contributed by atoms with Crippen molar-refractivity contribution in [2.75, 3.05) is 32.6 Å². The third-order valence-electron chi connectivity index (χ3n) is 4.99. The van der Waals surface area contributed by atoms with Crippen molar-refractivity contribution in [2.24, 2.45) is 0 Å². The van der Waals surface area contributed by atoms with Crippen LogP contribution in [-0.4, -0.2) is 32.8 Å². The molecule has 2 aromatic carbocycles. The monoisotopic (exact) mass is 410 g/mol. The first-order valence-electron chi connectivity index (χ1n) is 8.60. The minimum atomic E-state index is -0.231. The van der Waals surface area contributed by atoms with E-state index in [0.29, 0.717) is 41.8 Å². The Bertz CT molecular complexity index is 778. The zero-order valence-corrected chi connectivity index (χ0v) is 16.7. The van der Waals surface area contributed by atoms with Crippen LogP contribution in [0.2, 0.25) is 5.02 Å². The smallest absolute Gasteiger partial charge is 0.255 e. The SMILES string of the molecule is COc1cc(N)c(Cl)cc1C(=O)NCC1(c2ccccc2)CCOCC1.Cl. The van der Waals surface area contributed by atoms with Gasteiger partial charge in [0.05, 0.1) is 23.4 Å². The lowest BCUT2D eigenvalue weighted by Crippen LogP contribution is -2.44. The summed E-state index contributed by atoms with van der Waals surface area (Å²) in [6.07, 6.45) is 1.72. The first kappa shape index (κ1) is 21.4. The Balaban J connectivity index is 0.00000261. The minimum Gasteiger partial charge on any atom is -0.496 e. The van der Waals surface area contributed by atoms with Gasteiger partial charge in [0.2, 0.25) is 0 Å². The normalized spacial score (nSPS) is 15.5. The topological polar surface area (TPSA) is 73.6 Å². The number of carbonyl (C=O) groups is 1. The fourth-order valence-electron chi connectivity index (χ4n) is 3.38. The van der Waals surface area contributed by atoms with Crippen LogP contribution in [0.15, 0.2) is 42.5 Å². The Labute approximate surface area is 170 Å². The highest BCUT2D eigenvalue weighted by molar-refractivity contribution is 6.33. The molecule has 1 aliphatic rings. The summed E-state index contributed by atoms with van der Waals surface area (Å²) in [6.45, 7) is 1.88. The maximum absolute atomic E-state index is 12.8. The van der Waals surface area contributed by atoms with Crippen LogP contribution < -0.4 is 15.8 Å². The van der Waals surface area contributed by atoms with Gasteiger partial charge in [-0.15, -0.1) is 12.4 Å². The summed E-state index contributed by atoms with van der Waals surface area (Å²) >= 11 is 6.08. The molecule has 7 heteroatoms. The standard InChI is InChI=1S/C20H23ClN2O3.ClH/c1-25-18-12-17(22)16(21)11-15(18)19(24)23-13-20(7-9-26-10-8-20)14-5-3-2-4-6-14;/h2-6,11-12H,7-10,13,22H2,1H3,(H,23,24);1H. The third-order valence-corrected chi connectivity index (χ3v) is 5.31. The predicted octanol–water partition coefficient (Wildman–Crippen LogP) is 3.83. The second-order valence-electron chi connectivity index (χ2n) is 6.52. The van der Waals surface area contributed by atoms with Crippen molar-refractivity contribution in [1.82, 2.24) is 5.32 Å². The second kappa shape index (κ2) is 9.31. The fraction of sp³-hybridized carbons (Fsp3) is 0.350. The highest BCUT2D eigenvalue weighted by Gasteiger charge is 2.35. The zero-order chi connectivity index (χ0) is 18.6. The third kappa shape index (κ3) is 4.67. The number of ether oxygens (including phenoxy) is 2. The summed E-state index contributed by atoms with van der Waals surface area (Å²) in [5.74, 6) is 0.177. The van der Waals surface area contributed by atoms with E-state index in [9.17, 15) is 4.79 Å². The van der Waals surface area contributed by atoms with E-state index in [4.69, 9.17) is 26.8 Å². The van der Waals surface area contributed by atoms with Crippen molar-refractivity contribution in [3.8, 4) is 5.75 Å². The van der Waals surface area contributed by atoms with Crippen LogP contribution in [0.25, 0.3) is 0 Å². The lowest BCUT2D eigenvalue weighted by molar-refractivity contribution is 0.0487. The first-order valence-corrected chi connectivity index (χ1v) is 8.98. The van der Waals surface area contributed by atoms with Crippen molar-refractivity contribution in [2.45, 2.75) is 18.3 Å². The second-order valence-corrected chi connectivity index (χ2v) is 6.92. The molecule has 0 atom stereocenters. The maximum Gasteiger partial charge on any atom is 0.255 e. The molecule has 146 valence electrons. The Morgan fingerprint density at radius 3 is 2.56 bits per heavy atom. The van der Waals surface area contributed by atoms with E-state index >= 15 is 0 Å². The lowest BCUT2D eigenvalue weighted by Gasteiger charge is -2.38. The van der Waals surface area contributed by atoms with Crippen LogP contribution in [-0.2, 0) is 10.2 Å². The molecule has 0 aliphatic carbocycles. The number of nitrogen functional groups attached to an aromatic ring is 1. The molecule has 27 heavy (non-hydrogen) atoms. The molecule has 0 unspecified atom stereocenters. The van der Waals surface area contributed by atoms with Gasteiger partial charge in [-0.2, -0.15) is 0 Å². The Morgan fingerprint density at radius 1 is 1.26 bits per heavy atom. The van der Waals surface area contributed by atoms with Crippen molar-refractivity contribution >= 4 is 35.6 Å². The summed E-state index contributed by atoms with van der Waals surface area (Å²) in [4.78, 5) is 12.8. The van der Waals surface area contributed by atoms with E-state index in [1.54, 1.807) is 12.1 Å². The van der Waals surface area contributed by atoms with Crippen LogP contribution >= 0.6 is 24.0 Å². The highest BCUT2D eigenvalue weighted by atomic mass is 35.5. The summed E-state index contributed by atoms with van der Waals surface area (Å²) < 4.78 is 10.8. The van der Waals surface area contributed by atoms with Crippen LogP contribution in [0.3, 0.4) is 0 Å². The average molecular weight is 411 g/mol. The molecule has 0 spiro atoms. The van der Waals surface area contributed by atoms with Crippen molar-refractivity contribution < 1.29 is 14.3 Å². The molecular formula is C20H24Cl2N2O3.